The third kappa shape index (κ3) is 4.24. The van der Waals surface area contributed by atoms with Crippen molar-refractivity contribution >= 4 is 5.78 Å². The SMILES string of the molecule is CO[C@H]1CC[C@H]2[C@@H]3CC[C@@H]4C[C@@](O)(C#CCCCCC(C)=O)CC[C@]4(C)[C@H]3CC[C@]12C. The quantitative estimate of drug-likeness (QED) is 0.436. The number of aliphatic hydroxyl groups is 1. The minimum Gasteiger partial charge on any atom is -0.381 e. The van der Waals surface area contributed by atoms with Crippen LogP contribution in [0.25, 0.3) is 0 Å². The molecule has 0 aromatic heterocycles. The molecule has 3 heteroatoms. The van der Waals surface area contributed by atoms with Gasteiger partial charge < -0.3 is 14.6 Å². The lowest BCUT2D eigenvalue weighted by Gasteiger charge is -2.61. The highest BCUT2D eigenvalue weighted by atomic mass is 16.5. The van der Waals surface area contributed by atoms with Crippen LogP contribution >= 0.6 is 0 Å². The van der Waals surface area contributed by atoms with Crippen molar-refractivity contribution in [2.24, 2.45) is 34.5 Å². The Balaban J connectivity index is 1.40. The summed E-state index contributed by atoms with van der Waals surface area (Å²) >= 11 is 0. The standard InChI is InChI=1S/C28H44O3/c1-20(29)9-7-5-6-8-15-28(30)18-17-26(2)21(19-28)10-11-22-23-12-13-25(31-4)27(23,3)16-14-24(22)26/h21-25,30H,5-7,9-14,16-19H2,1-4H3/t21-,22+,23+,24+,25+,26+,27+,28-/m1/s1. The largest absolute Gasteiger partial charge is 0.381 e. The van der Waals surface area contributed by atoms with Crippen molar-refractivity contribution in [2.75, 3.05) is 7.11 Å². The van der Waals surface area contributed by atoms with Crippen molar-refractivity contribution in [2.45, 2.75) is 116 Å². The molecular weight excluding hydrogens is 384 g/mol. The van der Waals surface area contributed by atoms with Crippen LogP contribution in [0.5, 0.6) is 0 Å². The monoisotopic (exact) mass is 428 g/mol. The first-order valence-corrected chi connectivity index (χ1v) is 13.0. The average molecular weight is 429 g/mol. The third-order valence-electron chi connectivity index (χ3n) is 10.3. The van der Waals surface area contributed by atoms with Crippen LogP contribution in [0.15, 0.2) is 0 Å². The van der Waals surface area contributed by atoms with Crippen molar-refractivity contribution in [3.05, 3.63) is 0 Å². The maximum Gasteiger partial charge on any atom is 0.129 e. The predicted octanol–water partition coefficient (Wildman–Crippen LogP) is 5.93. The Kier molecular flexibility index (Phi) is 6.64. The fourth-order valence-electron chi connectivity index (χ4n) is 8.51. The van der Waals surface area contributed by atoms with E-state index in [0.29, 0.717) is 29.3 Å². The number of unbranched alkanes of at least 4 members (excludes halogenated alkanes) is 2. The molecule has 8 atom stereocenters. The van der Waals surface area contributed by atoms with Gasteiger partial charge in [0, 0.05) is 20.0 Å². The van der Waals surface area contributed by atoms with Crippen LogP contribution in [0.4, 0.5) is 0 Å². The molecule has 174 valence electrons. The Labute approximate surface area is 190 Å². The minimum atomic E-state index is -0.796. The summed E-state index contributed by atoms with van der Waals surface area (Å²) in [5, 5.41) is 11.3. The van der Waals surface area contributed by atoms with Gasteiger partial charge in [-0.05, 0) is 112 Å². The number of carbonyl (C=O) groups is 1. The van der Waals surface area contributed by atoms with Crippen molar-refractivity contribution in [1.82, 2.24) is 0 Å². The molecule has 0 bridgehead atoms. The van der Waals surface area contributed by atoms with Gasteiger partial charge in [0.05, 0.1) is 6.10 Å². The van der Waals surface area contributed by atoms with E-state index in [1.54, 1.807) is 6.92 Å². The molecule has 0 spiro atoms. The number of rotatable bonds is 5. The van der Waals surface area contributed by atoms with Crippen LogP contribution in [-0.4, -0.2) is 29.7 Å². The number of hydrogen-bond donors (Lipinski definition) is 1. The van der Waals surface area contributed by atoms with Gasteiger partial charge in [0.25, 0.3) is 0 Å². The summed E-state index contributed by atoms with van der Waals surface area (Å²) < 4.78 is 5.93. The first-order valence-electron chi connectivity index (χ1n) is 13.0. The molecule has 1 N–H and O–H groups in total. The van der Waals surface area contributed by atoms with Gasteiger partial charge in [-0.1, -0.05) is 19.8 Å². The summed E-state index contributed by atoms with van der Waals surface area (Å²) in [6.07, 6.45) is 14.4. The molecule has 0 radical (unpaired) electrons. The van der Waals surface area contributed by atoms with Gasteiger partial charge in [0.1, 0.15) is 11.4 Å². The summed E-state index contributed by atoms with van der Waals surface area (Å²) in [5.41, 5.74) is -0.0531. The normalized spacial score (nSPS) is 46.3. The fourth-order valence-corrected chi connectivity index (χ4v) is 8.51. The zero-order valence-electron chi connectivity index (χ0n) is 20.3. The van der Waals surface area contributed by atoms with Crippen LogP contribution in [0.3, 0.4) is 0 Å². The topological polar surface area (TPSA) is 46.5 Å². The summed E-state index contributed by atoms with van der Waals surface area (Å²) in [4.78, 5) is 11.1. The van der Waals surface area contributed by atoms with E-state index in [0.717, 1.165) is 56.3 Å². The number of ketones is 1. The number of hydrogen-bond acceptors (Lipinski definition) is 3. The Hall–Kier alpha value is -0.850. The average Bonchev–Trinajstić information content (AvgIpc) is 3.07. The second-order valence-corrected chi connectivity index (χ2v) is 11.9. The predicted molar refractivity (Wildman–Crippen MR) is 124 cm³/mol. The van der Waals surface area contributed by atoms with Crippen molar-refractivity contribution in [3.63, 3.8) is 0 Å². The second-order valence-electron chi connectivity index (χ2n) is 11.9. The summed E-state index contributed by atoms with van der Waals surface area (Å²) in [5.74, 6) is 9.86. The molecule has 0 unspecified atom stereocenters. The summed E-state index contributed by atoms with van der Waals surface area (Å²) in [6, 6.07) is 0. The Morgan fingerprint density at radius 3 is 2.52 bits per heavy atom. The second kappa shape index (κ2) is 8.83. The number of methoxy groups -OCH3 is 1. The number of fused-ring (bicyclic) bond motifs is 5. The van der Waals surface area contributed by atoms with Crippen LogP contribution < -0.4 is 0 Å². The Bertz CT molecular complexity index is 734. The highest BCUT2D eigenvalue weighted by Crippen LogP contribution is 2.67. The van der Waals surface area contributed by atoms with Gasteiger partial charge in [-0.15, -0.1) is 5.92 Å². The van der Waals surface area contributed by atoms with E-state index < -0.39 is 5.60 Å². The molecule has 0 saturated heterocycles. The Morgan fingerprint density at radius 1 is 1.00 bits per heavy atom. The van der Waals surface area contributed by atoms with E-state index in [4.69, 9.17) is 4.74 Å². The Morgan fingerprint density at radius 2 is 1.77 bits per heavy atom. The first kappa shape index (κ1) is 23.3. The molecule has 3 nitrogen and oxygen atoms in total. The van der Waals surface area contributed by atoms with Crippen LogP contribution in [0, 0.1) is 46.3 Å². The zero-order valence-corrected chi connectivity index (χ0v) is 20.3. The summed E-state index contributed by atoms with van der Waals surface area (Å²) in [7, 11) is 1.91. The van der Waals surface area contributed by atoms with E-state index >= 15 is 0 Å². The van der Waals surface area contributed by atoms with Gasteiger partial charge in [0.2, 0.25) is 0 Å². The van der Waals surface area contributed by atoms with E-state index in [1.165, 1.54) is 38.5 Å². The van der Waals surface area contributed by atoms with Gasteiger partial charge in [-0.25, -0.2) is 0 Å². The lowest BCUT2D eigenvalue weighted by atomic mass is 9.44. The number of carbonyl (C=O) groups excluding carboxylic acids is 1. The number of ether oxygens (including phenoxy) is 1. The van der Waals surface area contributed by atoms with Crippen LogP contribution in [0.1, 0.15) is 104 Å². The molecule has 0 aromatic carbocycles. The zero-order chi connectivity index (χ0) is 22.3. The molecule has 0 amide bonds. The van der Waals surface area contributed by atoms with Gasteiger partial charge in [-0.3, -0.25) is 0 Å². The maximum absolute atomic E-state index is 11.3. The smallest absolute Gasteiger partial charge is 0.129 e. The van der Waals surface area contributed by atoms with E-state index in [2.05, 4.69) is 25.7 Å². The molecule has 4 fully saturated rings. The van der Waals surface area contributed by atoms with Crippen LogP contribution in [0.2, 0.25) is 0 Å². The van der Waals surface area contributed by atoms with Crippen molar-refractivity contribution in [3.8, 4) is 11.8 Å². The van der Waals surface area contributed by atoms with Crippen molar-refractivity contribution in [1.29, 1.82) is 0 Å². The van der Waals surface area contributed by atoms with Gasteiger partial charge in [0.15, 0.2) is 0 Å². The van der Waals surface area contributed by atoms with Gasteiger partial charge >= 0.3 is 0 Å². The van der Waals surface area contributed by atoms with Crippen molar-refractivity contribution < 1.29 is 14.6 Å². The van der Waals surface area contributed by atoms with Crippen LogP contribution in [-0.2, 0) is 9.53 Å². The fraction of sp³-hybridized carbons (Fsp3) is 0.893. The first-order chi connectivity index (χ1) is 14.7. The van der Waals surface area contributed by atoms with E-state index in [-0.39, 0.29) is 5.78 Å². The minimum absolute atomic E-state index is 0.257. The van der Waals surface area contributed by atoms with E-state index in [1.807, 2.05) is 7.11 Å². The molecule has 4 saturated carbocycles. The molecule has 0 heterocycles. The molecule has 0 aliphatic heterocycles. The lowest BCUT2D eigenvalue weighted by molar-refractivity contribution is -0.146. The molecule has 4 aliphatic carbocycles. The highest BCUT2D eigenvalue weighted by molar-refractivity contribution is 5.75. The molecule has 4 aliphatic rings. The summed E-state index contributed by atoms with van der Waals surface area (Å²) in [6.45, 7) is 6.71. The molecule has 31 heavy (non-hydrogen) atoms. The molecule has 0 aromatic rings. The highest BCUT2D eigenvalue weighted by Gasteiger charge is 2.61. The third-order valence-corrected chi connectivity index (χ3v) is 10.3. The molecule has 4 rings (SSSR count). The van der Waals surface area contributed by atoms with E-state index in [9.17, 15) is 9.90 Å². The lowest BCUT2D eigenvalue weighted by Crippen LogP contribution is -2.56. The number of Topliss-reactive ketones (excluding diaryl/α,β-unsaturated/α-hetero) is 1. The maximum atomic E-state index is 11.3. The molecular formula is C28H44O3. The van der Waals surface area contributed by atoms with Gasteiger partial charge in [-0.2, -0.15) is 0 Å².